The van der Waals surface area contributed by atoms with Crippen molar-refractivity contribution in [2.45, 2.75) is 6.92 Å². The minimum absolute atomic E-state index is 0.653. The van der Waals surface area contributed by atoms with Crippen LogP contribution in [0.1, 0.15) is 5.82 Å². The SMILES string of the molecule is Cc1ncc2nn(C)nc2n1. The van der Waals surface area contributed by atoms with Gasteiger partial charge in [-0.2, -0.15) is 9.90 Å². The average molecular weight is 149 g/mol. The van der Waals surface area contributed by atoms with E-state index in [1.807, 2.05) is 6.92 Å². The molecule has 0 saturated carbocycles. The number of aryl methyl sites for hydroxylation is 2. The summed E-state index contributed by atoms with van der Waals surface area (Å²) in [6, 6.07) is 0. The van der Waals surface area contributed by atoms with Gasteiger partial charge in [-0.1, -0.05) is 0 Å². The number of fused-ring (bicyclic) bond motifs is 1. The lowest BCUT2D eigenvalue weighted by atomic mass is 10.5. The van der Waals surface area contributed by atoms with Gasteiger partial charge in [-0.3, -0.25) is 0 Å². The molecule has 0 amide bonds. The predicted molar refractivity (Wildman–Crippen MR) is 38.8 cm³/mol. The summed E-state index contributed by atoms with van der Waals surface area (Å²) < 4.78 is 0. The smallest absolute Gasteiger partial charge is 0.205 e. The number of aromatic nitrogens is 5. The van der Waals surface area contributed by atoms with Crippen molar-refractivity contribution < 1.29 is 0 Å². The van der Waals surface area contributed by atoms with Crippen molar-refractivity contribution in [1.82, 2.24) is 25.0 Å². The average Bonchev–Trinajstić information content (AvgIpc) is 2.27. The molecular formula is C6H7N5. The molecule has 0 bridgehead atoms. The molecule has 0 unspecified atom stereocenters. The van der Waals surface area contributed by atoms with Crippen LogP contribution in [-0.4, -0.2) is 25.0 Å². The number of rotatable bonds is 0. The molecule has 5 nitrogen and oxygen atoms in total. The highest BCUT2D eigenvalue weighted by Gasteiger charge is 2.00. The first-order chi connectivity index (χ1) is 5.25. The lowest BCUT2D eigenvalue weighted by Crippen LogP contribution is -1.90. The van der Waals surface area contributed by atoms with Gasteiger partial charge in [-0.05, 0) is 6.92 Å². The van der Waals surface area contributed by atoms with Crippen LogP contribution >= 0.6 is 0 Å². The van der Waals surface area contributed by atoms with Crippen LogP contribution < -0.4 is 0 Å². The Kier molecular flexibility index (Phi) is 1.12. The summed E-state index contributed by atoms with van der Waals surface area (Å²) in [5.74, 6) is 0.720. The van der Waals surface area contributed by atoms with Gasteiger partial charge in [0.1, 0.15) is 5.82 Å². The molecule has 2 aromatic rings. The largest absolute Gasteiger partial charge is 0.239 e. The second-order valence-electron chi connectivity index (χ2n) is 2.32. The second-order valence-corrected chi connectivity index (χ2v) is 2.32. The summed E-state index contributed by atoms with van der Waals surface area (Å²) in [6.07, 6.45) is 1.67. The standard InChI is InChI=1S/C6H7N5/c1-4-7-3-5-6(8-4)10-11(2)9-5/h3H,1-2H3. The van der Waals surface area contributed by atoms with Gasteiger partial charge >= 0.3 is 0 Å². The van der Waals surface area contributed by atoms with Crippen molar-refractivity contribution in [2.24, 2.45) is 7.05 Å². The molecule has 11 heavy (non-hydrogen) atoms. The van der Waals surface area contributed by atoms with E-state index in [0.717, 1.165) is 11.3 Å². The molecule has 0 spiro atoms. The zero-order valence-electron chi connectivity index (χ0n) is 6.31. The van der Waals surface area contributed by atoms with Gasteiger partial charge in [0.2, 0.25) is 5.65 Å². The lowest BCUT2D eigenvalue weighted by molar-refractivity contribution is 0.663. The van der Waals surface area contributed by atoms with Crippen LogP contribution in [0.4, 0.5) is 0 Å². The Hall–Kier alpha value is -1.52. The molecule has 2 heterocycles. The van der Waals surface area contributed by atoms with Crippen LogP contribution in [0, 0.1) is 6.92 Å². The van der Waals surface area contributed by atoms with E-state index in [4.69, 9.17) is 0 Å². The zero-order chi connectivity index (χ0) is 7.84. The molecular weight excluding hydrogens is 142 g/mol. The Labute approximate surface area is 63.1 Å². The van der Waals surface area contributed by atoms with Crippen LogP contribution in [0.25, 0.3) is 11.2 Å². The fourth-order valence-electron chi connectivity index (χ4n) is 0.911. The first-order valence-corrected chi connectivity index (χ1v) is 3.26. The Balaban J connectivity index is 2.82. The van der Waals surface area contributed by atoms with Crippen molar-refractivity contribution in [3.05, 3.63) is 12.0 Å². The highest BCUT2D eigenvalue weighted by molar-refractivity contribution is 5.66. The maximum Gasteiger partial charge on any atom is 0.205 e. The predicted octanol–water partition coefficient (Wildman–Crippen LogP) is 0.0667. The quantitative estimate of drug-likeness (QED) is 0.531. The van der Waals surface area contributed by atoms with E-state index in [1.54, 1.807) is 13.2 Å². The molecule has 56 valence electrons. The fourth-order valence-corrected chi connectivity index (χ4v) is 0.911. The van der Waals surface area contributed by atoms with Gasteiger partial charge in [-0.15, -0.1) is 5.10 Å². The molecule has 0 atom stereocenters. The molecule has 0 aliphatic rings. The summed E-state index contributed by atoms with van der Waals surface area (Å²) in [7, 11) is 1.76. The molecule has 0 aromatic carbocycles. The Morgan fingerprint density at radius 1 is 1.36 bits per heavy atom. The molecule has 5 heteroatoms. The third-order valence-electron chi connectivity index (χ3n) is 1.36. The molecule has 0 radical (unpaired) electrons. The van der Waals surface area contributed by atoms with E-state index < -0.39 is 0 Å². The van der Waals surface area contributed by atoms with Crippen molar-refractivity contribution >= 4 is 11.2 Å². The van der Waals surface area contributed by atoms with Gasteiger partial charge < -0.3 is 0 Å². The van der Waals surface area contributed by atoms with E-state index in [0.29, 0.717) is 5.65 Å². The van der Waals surface area contributed by atoms with Crippen LogP contribution in [0.2, 0.25) is 0 Å². The van der Waals surface area contributed by atoms with Gasteiger partial charge in [0, 0.05) is 7.05 Å². The molecule has 0 saturated heterocycles. The summed E-state index contributed by atoms with van der Waals surface area (Å²) in [5, 5.41) is 8.06. The van der Waals surface area contributed by atoms with E-state index in [2.05, 4.69) is 20.2 Å². The summed E-state index contributed by atoms with van der Waals surface area (Å²) in [6.45, 7) is 1.83. The van der Waals surface area contributed by atoms with Crippen molar-refractivity contribution in [2.75, 3.05) is 0 Å². The van der Waals surface area contributed by atoms with E-state index in [9.17, 15) is 0 Å². The minimum atomic E-state index is 0.653. The van der Waals surface area contributed by atoms with E-state index in [-0.39, 0.29) is 0 Å². The maximum absolute atomic E-state index is 4.09. The monoisotopic (exact) mass is 149 g/mol. The molecule has 0 fully saturated rings. The van der Waals surface area contributed by atoms with Gasteiger partial charge in [0.25, 0.3) is 0 Å². The van der Waals surface area contributed by atoms with E-state index in [1.165, 1.54) is 4.80 Å². The normalized spacial score (nSPS) is 10.7. The van der Waals surface area contributed by atoms with E-state index >= 15 is 0 Å². The Morgan fingerprint density at radius 2 is 2.18 bits per heavy atom. The molecule has 0 aliphatic carbocycles. The highest BCUT2D eigenvalue weighted by Crippen LogP contribution is 2.02. The summed E-state index contributed by atoms with van der Waals surface area (Å²) >= 11 is 0. The van der Waals surface area contributed by atoms with Crippen LogP contribution in [-0.2, 0) is 7.05 Å². The Morgan fingerprint density at radius 3 is 3.00 bits per heavy atom. The number of hydrogen-bond acceptors (Lipinski definition) is 4. The first kappa shape index (κ1) is 6.21. The molecule has 2 aromatic heterocycles. The first-order valence-electron chi connectivity index (χ1n) is 3.26. The van der Waals surface area contributed by atoms with Crippen LogP contribution in [0.5, 0.6) is 0 Å². The fraction of sp³-hybridized carbons (Fsp3) is 0.333. The van der Waals surface area contributed by atoms with Gasteiger partial charge in [0.05, 0.1) is 6.20 Å². The number of hydrogen-bond donors (Lipinski definition) is 0. The molecule has 0 aliphatic heterocycles. The summed E-state index contributed by atoms with van der Waals surface area (Å²) in [5.41, 5.74) is 1.39. The maximum atomic E-state index is 4.09. The number of nitrogens with zero attached hydrogens (tertiary/aromatic N) is 5. The molecule has 0 N–H and O–H groups in total. The third-order valence-corrected chi connectivity index (χ3v) is 1.36. The topological polar surface area (TPSA) is 56.5 Å². The van der Waals surface area contributed by atoms with Gasteiger partial charge in [-0.25, -0.2) is 9.97 Å². The third kappa shape index (κ3) is 0.938. The summed E-state index contributed by atoms with van der Waals surface area (Å²) in [4.78, 5) is 9.57. The van der Waals surface area contributed by atoms with Crippen molar-refractivity contribution in [3.8, 4) is 0 Å². The van der Waals surface area contributed by atoms with Crippen molar-refractivity contribution in [1.29, 1.82) is 0 Å². The highest BCUT2D eigenvalue weighted by atomic mass is 15.5. The Bertz CT molecular complexity index is 391. The minimum Gasteiger partial charge on any atom is -0.239 e. The van der Waals surface area contributed by atoms with Crippen LogP contribution in [0.15, 0.2) is 6.20 Å². The van der Waals surface area contributed by atoms with Crippen LogP contribution in [0.3, 0.4) is 0 Å². The lowest BCUT2D eigenvalue weighted by Gasteiger charge is -1.85. The van der Waals surface area contributed by atoms with Gasteiger partial charge in [0.15, 0.2) is 5.52 Å². The zero-order valence-corrected chi connectivity index (χ0v) is 6.31. The second kappa shape index (κ2) is 1.98. The molecule has 2 rings (SSSR count). The van der Waals surface area contributed by atoms with Crippen molar-refractivity contribution in [3.63, 3.8) is 0 Å².